The molecule has 6 heteroatoms. The van der Waals surface area contributed by atoms with Gasteiger partial charge in [-0.05, 0) is 66.3 Å². The molecule has 0 fully saturated rings. The number of rotatable bonds is 1. The van der Waals surface area contributed by atoms with Gasteiger partial charge >= 0.3 is 0 Å². The van der Waals surface area contributed by atoms with Crippen molar-refractivity contribution in [2.75, 3.05) is 0 Å². The zero-order valence-electron chi connectivity index (χ0n) is 14.8. The molecular formula is C22H16N5O. The SMILES string of the molecule is O/N=C/C=C1/Cc2cc3ccc(cc4nc(cc5[c]cc(cc1n2)[nH]5)C=C4)[nH]3. The zero-order chi connectivity index (χ0) is 18.9. The average Bonchev–Trinajstić information content (AvgIpc) is 3.45. The highest BCUT2D eigenvalue weighted by Crippen LogP contribution is 2.23. The maximum atomic E-state index is 8.77. The normalized spacial score (nSPS) is 14.9. The van der Waals surface area contributed by atoms with Crippen molar-refractivity contribution in [3.8, 4) is 0 Å². The van der Waals surface area contributed by atoms with Crippen molar-refractivity contribution in [3.63, 3.8) is 0 Å². The molecule has 0 unspecified atom stereocenters. The monoisotopic (exact) mass is 366 g/mol. The van der Waals surface area contributed by atoms with Crippen LogP contribution in [0.15, 0.2) is 53.7 Å². The Labute approximate surface area is 160 Å². The van der Waals surface area contributed by atoms with Gasteiger partial charge in [-0.2, -0.15) is 0 Å². The molecule has 0 saturated carbocycles. The second-order valence-corrected chi connectivity index (χ2v) is 6.65. The van der Waals surface area contributed by atoms with Crippen LogP contribution < -0.4 is 0 Å². The number of nitrogens with zero attached hydrogens (tertiary/aromatic N) is 3. The predicted octanol–water partition coefficient (Wildman–Crippen LogP) is 4.37. The van der Waals surface area contributed by atoms with Crippen molar-refractivity contribution in [1.29, 1.82) is 0 Å². The standard InChI is InChI=1S/C22H16N5O/c28-23-8-7-14-9-21-12-19-4-3-17(25-19)10-15-1-2-16(24-15)11-18-5-6-20(26-18)13-22(14)27-21/h1-4,6-8,10-13,25-26,28H,9H2/b14-7-,15-10?,16-11?,17-10?,18-11?,19-12?,20-13?,21-12?,22-13?,23-8+. The van der Waals surface area contributed by atoms with Gasteiger partial charge in [0.05, 0.1) is 23.3 Å². The van der Waals surface area contributed by atoms with E-state index in [-0.39, 0.29) is 0 Å². The van der Waals surface area contributed by atoms with E-state index in [1.165, 1.54) is 6.21 Å². The highest BCUT2D eigenvalue weighted by Gasteiger charge is 2.12. The molecule has 0 saturated heterocycles. The molecule has 2 aliphatic rings. The van der Waals surface area contributed by atoms with Crippen molar-refractivity contribution >= 4 is 46.0 Å². The van der Waals surface area contributed by atoms with Crippen LogP contribution >= 0.6 is 0 Å². The van der Waals surface area contributed by atoms with E-state index in [0.29, 0.717) is 6.42 Å². The molecule has 8 bridgehead atoms. The molecule has 0 atom stereocenters. The van der Waals surface area contributed by atoms with Crippen LogP contribution in [0.5, 0.6) is 0 Å². The first-order valence-corrected chi connectivity index (χ1v) is 8.89. The smallest absolute Gasteiger partial charge is 0.0690 e. The molecule has 3 aromatic heterocycles. The molecule has 0 aromatic carbocycles. The van der Waals surface area contributed by atoms with E-state index in [1.54, 1.807) is 6.08 Å². The van der Waals surface area contributed by atoms with Gasteiger partial charge < -0.3 is 15.2 Å². The van der Waals surface area contributed by atoms with Gasteiger partial charge in [-0.15, -0.1) is 0 Å². The van der Waals surface area contributed by atoms with Crippen molar-refractivity contribution in [2.45, 2.75) is 6.42 Å². The lowest BCUT2D eigenvalue weighted by molar-refractivity contribution is 0.322. The van der Waals surface area contributed by atoms with Crippen LogP contribution in [0.1, 0.15) is 22.8 Å². The van der Waals surface area contributed by atoms with E-state index in [1.807, 2.05) is 54.6 Å². The largest absolute Gasteiger partial charge is 0.411 e. The fourth-order valence-corrected chi connectivity index (χ4v) is 3.35. The van der Waals surface area contributed by atoms with Gasteiger partial charge in [0.1, 0.15) is 0 Å². The quantitative estimate of drug-likeness (QED) is 0.265. The number of allylic oxidation sites excluding steroid dienone is 2. The molecule has 0 spiro atoms. The lowest BCUT2D eigenvalue weighted by Gasteiger charge is -1.92. The summed E-state index contributed by atoms with van der Waals surface area (Å²) in [5.74, 6) is 0. The van der Waals surface area contributed by atoms with E-state index in [0.717, 1.165) is 50.4 Å². The van der Waals surface area contributed by atoms with Crippen LogP contribution in [0, 0.1) is 6.07 Å². The van der Waals surface area contributed by atoms with Crippen LogP contribution in [0.3, 0.4) is 0 Å². The van der Waals surface area contributed by atoms with E-state index < -0.39 is 0 Å². The van der Waals surface area contributed by atoms with Gasteiger partial charge in [0.25, 0.3) is 0 Å². The first-order chi connectivity index (χ1) is 13.7. The second kappa shape index (κ2) is 6.66. The van der Waals surface area contributed by atoms with Crippen LogP contribution in [-0.2, 0) is 6.42 Å². The van der Waals surface area contributed by atoms with Crippen molar-refractivity contribution in [3.05, 3.63) is 77.4 Å². The molecule has 135 valence electrons. The number of H-pyrrole nitrogens is 2. The molecule has 28 heavy (non-hydrogen) atoms. The minimum absolute atomic E-state index is 0.659. The van der Waals surface area contributed by atoms with Crippen molar-refractivity contribution < 1.29 is 5.21 Å². The van der Waals surface area contributed by atoms with Gasteiger partial charge in [0.15, 0.2) is 0 Å². The molecule has 0 aliphatic carbocycles. The fraction of sp³-hybridized carbons (Fsp3) is 0.0455. The molecule has 2 aliphatic heterocycles. The summed E-state index contributed by atoms with van der Waals surface area (Å²) in [6.07, 6.45) is 7.77. The average molecular weight is 366 g/mol. The lowest BCUT2D eigenvalue weighted by atomic mass is 10.1. The summed E-state index contributed by atoms with van der Waals surface area (Å²) in [5, 5.41) is 11.9. The van der Waals surface area contributed by atoms with E-state index in [9.17, 15) is 0 Å². The molecule has 6 nitrogen and oxygen atoms in total. The van der Waals surface area contributed by atoms with Gasteiger partial charge in [0, 0.05) is 40.2 Å². The van der Waals surface area contributed by atoms with Crippen LogP contribution in [0.25, 0.3) is 39.8 Å². The molecular weight excluding hydrogens is 350 g/mol. The Morgan fingerprint density at radius 1 is 0.964 bits per heavy atom. The highest BCUT2D eigenvalue weighted by atomic mass is 16.4. The van der Waals surface area contributed by atoms with Crippen molar-refractivity contribution in [2.24, 2.45) is 5.16 Å². The molecule has 5 heterocycles. The minimum atomic E-state index is 0.659. The third kappa shape index (κ3) is 3.23. The Morgan fingerprint density at radius 3 is 2.64 bits per heavy atom. The second-order valence-electron chi connectivity index (χ2n) is 6.65. The number of hydrogen-bond donors (Lipinski definition) is 3. The van der Waals surface area contributed by atoms with E-state index >= 15 is 0 Å². The molecule has 0 amide bonds. The maximum absolute atomic E-state index is 8.77. The number of fused-ring (bicyclic) bond motifs is 8. The molecule has 1 radical (unpaired) electrons. The minimum Gasteiger partial charge on any atom is -0.411 e. The van der Waals surface area contributed by atoms with Crippen LogP contribution in [0.4, 0.5) is 0 Å². The summed E-state index contributed by atoms with van der Waals surface area (Å²) in [6, 6.07) is 17.1. The van der Waals surface area contributed by atoms with Gasteiger partial charge in [-0.3, -0.25) is 4.98 Å². The van der Waals surface area contributed by atoms with Gasteiger partial charge in [-0.1, -0.05) is 5.16 Å². The van der Waals surface area contributed by atoms with Gasteiger partial charge in [-0.25, -0.2) is 4.98 Å². The molecule has 3 aromatic rings. The number of oxime groups is 1. The van der Waals surface area contributed by atoms with Crippen LogP contribution in [-0.4, -0.2) is 31.4 Å². The Bertz CT molecular complexity index is 1310. The number of aromatic nitrogens is 4. The van der Waals surface area contributed by atoms with E-state index in [2.05, 4.69) is 26.2 Å². The van der Waals surface area contributed by atoms with Gasteiger partial charge in [0.2, 0.25) is 0 Å². The zero-order valence-corrected chi connectivity index (χ0v) is 14.8. The predicted molar refractivity (Wildman–Crippen MR) is 111 cm³/mol. The maximum Gasteiger partial charge on any atom is 0.0690 e. The Hall–Kier alpha value is -3.93. The van der Waals surface area contributed by atoms with Crippen molar-refractivity contribution in [1.82, 2.24) is 19.9 Å². The summed E-state index contributed by atoms with van der Waals surface area (Å²) >= 11 is 0. The fourth-order valence-electron chi connectivity index (χ4n) is 3.35. The first-order valence-electron chi connectivity index (χ1n) is 8.89. The summed E-state index contributed by atoms with van der Waals surface area (Å²) in [5.41, 5.74) is 8.20. The third-order valence-corrected chi connectivity index (χ3v) is 4.59. The third-order valence-electron chi connectivity index (χ3n) is 4.59. The number of aromatic amines is 2. The van der Waals surface area contributed by atoms with Crippen LogP contribution in [0.2, 0.25) is 0 Å². The summed E-state index contributed by atoms with van der Waals surface area (Å²) in [6.45, 7) is 0. The Balaban J connectivity index is 1.80. The lowest BCUT2D eigenvalue weighted by Crippen LogP contribution is -1.81. The topological polar surface area (TPSA) is 89.9 Å². The molecule has 3 N–H and O–H groups in total. The first kappa shape index (κ1) is 16.3. The molecule has 5 rings (SSSR count). The Morgan fingerprint density at radius 2 is 1.79 bits per heavy atom. The number of hydrogen-bond acceptors (Lipinski definition) is 4. The summed E-state index contributed by atoms with van der Waals surface area (Å²) in [4.78, 5) is 16.1. The Kier molecular flexibility index (Phi) is 3.87. The summed E-state index contributed by atoms with van der Waals surface area (Å²) in [7, 11) is 0. The number of nitrogens with one attached hydrogen (secondary N) is 2. The highest BCUT2D eigenvalue weighted by molar-refractivity contribution is 5.86. The van der Waals surface area contributed by atoms with E-state index in [4.69, 9.17) is 10.2 Å². The summed E-state index contributed by atoms with van der Waals surface area (Å²) < 4.78 is 0.